The van der Waals surface area contributed by atoms with Crippen LogP contribution >= 0.6 is 11.6 Å². The number of halogens is 1. The van der Waals surface area contributed by atoms with Crippen LogP contribution in [-0.4, -0.2) is 32.3 Å². The van der Waals surface area contributed by atoms with Crippen molar-refractivity contribution in [2.75, 3.05) is 0 Å². The van der Waals surface area contributed by atoms with Crippen molar-refractivity contribution < 1.29 is 19.8 Å². The number of nitrogens with zero attached hydrogens (tertiary/aromatic N) is 1. The van der Waals surface area contributed by atoms with Crippen LogP contribution in [0.4, 0.5) is 4.79 Å². The minimum absolute atomic E-state index is 0.0451. The van der Waals surface area contributed by atoms with Crippen molar-refractivity contribution >= 4 is 34.3 Å². The first-order chi connectivity index (χ1) is 9.80. The van der Waals surface area contributed by atoms with Crippen LogP contribution in [0.2, 0.25) is 5.02 Å². The zero-order valence-corrected chi connectivity index (χ0v) is 11.7. The quantitative estimate of drug-likeness (QED) is 0.628. The van der Waals surface area contributed by atoms with Gasteiger partial charge >= 0.3 is 6.03 Å². The molecule has 0 bridgehead atoms. The van der Waals surface area contributed by atoms with Crippen LogP contribution in [0.15, 0.2) is 18.3 Å². The van der Waals surface area contributed by atoms with Gasteiger partial charge in [0.15, 0.2) is 5.88 Å². The summed E-state index contributed by atoms with van der Waals surface area (Å²) in [5.74, 6) is -0.660. The van der Waals surface area contributed by atoms with Crippen LogP contribution in [-0.2, 0) is 11.3 Å². The number of aromatic nitrogens is 1. The van der Waals surface area contributed by atoms with E-state index in [1.807, 2.05) is 0 Å². The second-order valence-corrected chi connectivity index (χ2v) is 5.62. The third kappa shape index (κ3) is 2.06. The fourth-order valence-corrected chi connectivity index (χ4v) is 2.58. The number of phenols is 1. The lowest BCUT2D eigenvalue weighted by molar-refractivity contribution is -0.123. The lowest BCUT2D eigenvalue weighted by Gasteiger charge is -2.21. The van der Waals surface area contributed by atoms with Gasteiger partial charge in [0.1, 0.15) is 11.3 Å². The van der Waals surface area contributed by atoms with E-state index in [0.29, 0.717) is 10.8 Å². The van der Waals surface area contributed by atoms with Crippen molar-refractivity contribution in [3.05, 3.63) is 23.4 Å². The van der Waals surface area contributed by atoms with Gasteiger partial charge in [0.2, 0.25) is 0 Å². The Morgan fingerprint density at radius 3 is 2.67 bits per heavy atom. The van der Waals surface area contributed by atoms with Crippen molar-refractivity contribution in [1.82, 2.24) is 15.2 Å². The van der Waals surface area contributed by atoms with Gasteiger partial charge in [-0.05, 0) is 19.1 Å². The third-order valence-electron chi connectivity index (χ3n) is 3.53. The minimum atomic E-state index is -1.16. The van der Waals surface area contributed by atoms with E-state index in [9.17, 15) is 19.8 Å². The summed E-state index contributed by atoms with van der Waals surface area (Å²) in [4.78, 5) is 23.0. The fraction of sp³-hybridized carbons (Fsp3) is 0.231. The first-order valence-corrected chi connectivity index (χ1v) is 6.52. The zero-order chi connectivity index (χ0) is 15.4. The van der Waals surface area contributed by atoms with Crippen molar-refractivity contribution in [2.45, 2.75) is 19.0 Å². The Kier molecular flexibility index (Phi) is 2.77. The summed E-state index contributed by atoms with van der Waals surface area (Å²) in [5.41, 5.74) is -1.16. The number of benzene rings is 1. The van der Waals surface area contributed by atoms with E-state index in [0.717, 1.165) is 0 Å². The Morgan fingerprint density at radius 1 is 1.33 bits per heavy atom. The molecule has 1 fully saturated rings. The van der Waals surface area contributed by atoms with Gasteiger partial charge in [0.25, 0.3) is 5.91 Å². The molecule has 8 heteroatoms. The Hall–Kier alpha value is -2.41. The molecule has 110 valence electrons. The van der Waals surface area contributed by atoms with E-state index in [-0.39, 0.29) is 23.2 Å². The predicted octanol–water partition coefficient (Wildman–Crippen LogP) is 1.30. The molecule has 0 spiro atoms. The molecule has 7 nitrogen and oxygen atoms in total. The number of carbonyl (C=O) groups excluding carboxylic acids is 2. The molecule has 1 aromatic carbocycles. The summed E-state index contributed by atoms with van der Waals surface area (Å²) in [6.07, 6.45) is 1.57. The summed E-state index contributed by atoms with van der Waals surface area (Å²) < 4.78 is 1.42. The molecule has 2 heterocycles. The Morgan fingerprint density at radius 2 is 2.05 bits per heavy atom. The van der Waals surface area contributed by atoms with Crippen LogP contribution in [0.1, 0.15) is 6.92 Å². The molecule has 1 aliphatic rings. The second-order valence-electron chi connectivity index (χ2n) is 5.21. The SMILES string of the molecule is CC1(Cn2cc3cc(O)c(Cl)cc3c2O)NC(=O)NC1=O. The van der Waals surface area contributed by atoms with Crippen molar-refractivity contribution in [1.29, 1.82) is 0 Å². The van der Waals surface area contributed by atoms with Gasteiger partial charge in [-0.15, -0.1) is 0 Å². The van der Waals surface area contributed by atoms with Gasteiger partial charge in [-0.1, -0.05) is 11.6 Å². The van der Waals surface area contributed by atoms with Crippen LogP contribution in [0, 0.1) is 0 Å². The first kappa shape index (κ1) is 13.6. The number of imide groups is 1. The monoisotopic (exact) mass is 309 g/mol. The molecular formula is C13H12ClN3O4. The highest BCUT2D eigenvalue weighted by Crippen LogP contribution is 2.35. The number of phenolic OH excluding ortho intramolecular Hbond substituents is 1. The molecule has 1 atom stereocenters. The average Bonchev–Trinajstić information content (AvgIpc) is 2.80. The maximum atomic E-state index is 11.8. The van der Waals surface area contributed by atoms with Gasteiger partial charge in [-0.3, -0.25) is 10.1 Å². The maximum absolute atomic E-state index is 11.8. The number of fused-ring (bicyclic) bond motifs is 1. The number of nitrogens with one attached hydrogen (secondary N) is 2. The normalized spacial score (nSPS) is 21.6. The lowest BCUT2D eigenvalue weighted by atomic mass is 10.0. The van der Waals surface area contributed by atoms with E-state index >= 15 is 0 Å². The number of rotatable bonds is 2. The van der Waals surface area contributed by atoms with Crippen molar-refractivity contribution in [3.63, 3.8) is 0 Å². The number of urea groups is 1. The van der Waals surface area contributed by atoms with Gasteiger partial charge in [0, 0.05) is 17.0 Å². The molecule has 21 heavy (non-hydrogen) atoms. The third-order valence-corrected chi connectivity index (χ3v) is 3.83. The molecule has 1 aliphatic heterocycles. The topological polar surface area (TPSA) is 104 Å². The molecule has 1 saturated heterocycles. The average molecular weight is 310 g/mol. The Bertz CT molecular complexity index is 785. The second kappa shape index (κ2) is 4.29. The van der Waals surface area contributed by atoms with Crippen LogP contribution in [0.5, 0.6) is 11.6 Å². The fourth-order valence-electron chi connectivity index (χ4n) is 2.41. The molecule has 2 aromatic rings. The number of amides is 3. The van der Waals surface area contributed by atoms with E-state index in [2.05, 4.69) is 10.6 Å². The largest absolute Gasteiger partial charge is 0.506 e. The predicted molar refractivity (Wildman–Crippen MR) is 75.4 cm³/mol. The van der Waals surface area contributed by atoms with Crippen LogP contribution in [0.25, 0.3) is 10.8 Å². The highest BCUT2D eigenvalue weighted by molar-refractivity contribution is 6.32. The summed E-state index contributed by atoms with van der Waals surface area (Å²) in [5, 5.41) is 25.6. The maximum Gasteiger partial charge on any atom is 0.322 e. The standard InChI is InChI=1S/C13H12ClN3O4/c1-13(11(20)15-12(21)16-13)5-17-4-6-2-9(18)8(14)3-7(6)10(17)19/h2-4,18-19H,5H2,1H3,(H2,15,16,20,21). The van der Waals surface area contributed by atoms with Gasteiger partial charge in [-0.25, -0.2) is 4.79 Å². The molecule has 3 amide bonds. The zero-order valence-electron chi connectivity index (χ0n) is 11.0. The molecular weight excluding hydrogens is 298 g/mol. The molecule has 4 N–H and O–H groups in total. The van der Waals surface area contributed by atoms with Crippen molar-refractivity contribution in [2.24, 2.45) is 0 Å². The van der Waals surface area contributed by atoms with Gasteiger partial charge in [0.05, 0.1) is 11.6 Å². The molecule has 0 saturated carbocycles. The first-order valence-electron chi connectivity index (χ1n) is 6.14. The lowest BCUT2D eigenvalue weighted by Crippen LogP contribution is -2.47. The molecule has 0 aliphatic carbocycles. The number of aromatic hydroxyl groups is 2. The Balaban J connectivity index is 2.04. The minimum Gasteiger partial charge on any atom is -0.506 e. The highest BCUT2D eigenvalue weighted by atomic mass is 35.5. The number of hydrogen-bond donors (Lipinski definition) is 4. The van der Waals surface area contributed by atoms with Crippen LogP contribution < -0.4 is 10.6 Å². The summed E-state index contributed by atoms with van der Waals surface area (Å²) in [6.45, 7) is 1.60. The number of hydrogen-bond acceptors (Lipinski definition) is 4. The molecule has 0 radical (unpaired) electrons. The van der Waals surface area contributed by atoms with Crippen molar-refractivity contribution in [3.8, 4) is 11.6 Å². The van der Waals surface area contributed by atoms with Crippen LogP contribution in [0.3, 0.4) is 0 Å². The molecule has 1 aromatic heterocycles. The molecule has 3 rings (SSSR count). The van der Waals surface area contributed by atoms with Gasteiger partial charge in [-0.2, -0.15) is 0 Å². The highest BCUT2D eigenvalue weighted by Gasteiger charge is 2.42. The van der Waals surface area contributed by atoms with E-state index in [1.165, 1.54) is 16.7 Å². The summed E-state index contributed by atoms with van der Waals surface area (Å²) in [7, 11) is 0. The van der Waals surface area contributed by atoms with Gasteiger partial charge < -0.3 is 20.1 Å². The molecule has 1 unspecified atom stereocenters. The Labute approximate surface area is 124 Å². The smallest absolute Gasteiger partial charge is 0.322 e. The van der Waals surface area contributed by atoms with E-state index in [4.69, 9.17) is 11.6 Å². The summed E-state index contributed by atoms with van der Waals surface area (Å²) >= 11 is 5.82. The van der Waals surface area contributed by atoms with E-state index < -0.39 is 17.5 Å². The summed E-state index contributed by atoms with van der Waals surface area (Å²) in [6, 6.07) is 2.29. The number of carbonyl (C=O) groups is 2. The van der Waals surface area contributed by atoms with E-state index in [1.54, 1.807) is 13.1 Å².